The molecule has 1 aromatic rings. The summed E-state index contributed by atoms with van der Waals surface area (Å²) >= 11 is 0. The predicted molar refractivity (Wildman–Crippen MR) is 86.0 cm³/mol. The van der Waals surface area contributed by atoms with E-state index in [-0.39, 0.29) is 12.3 Å². The number of hydrogen-bond acceptors (Lipinski definition) is 3. The molecule has 0 bridgehead atoms. The van der Waals surface area contributed by atoms with E-state index in [0.717, 1.165) is 13.1 Å². The van der Waals surface area contributed by atoms with Crippen molar-refractivity contribution >= 4 is 11.7 Å². The summed E-state index contributed by atoms with van der Waals surface area (Å²) < 4.78 is 0. The summed E-state index contributed by atoms with van der Waals surface area (Å²) in [5.74, 6) is -0.171. The van der Waals surface area contributed by atoms with E-state index in [2.05, 4.69) is 47.9 Å². The molecule has 0 amide bonds. The molecular formula is C17H26N2O2. The molecule has 1 N–H and O–H groups in total. The van der Waals surface area contributed by atoms with E-state index in [9.17, 15) is 4.79 Å². The SMILES string of the molecule is CC(C)N1C[C@H](CC(=O)O)[C@@H](c2ccc(N(C)C)cc2)C1. The highest BCUT2D eigenvalue weighted by Crippen LogP contribution is 2.36. The van der Waals surface area contributed by atoms with Gasteiger partial charge in [0.2, 0.25) is 0 Å². The molecule has 116 valence electrons. The second-order valence-corrected chi connectivity index (χ2v) is 6.50. The summed E-state index contributed by atoms with van der Waals surface area (Å²) in [7, 11) is 4.05. The van der Waals surface area contributed by atoms with Crippen LogP contribution in [0.2, 0.25) is 0 Å². The Labute approximate surface area is 127 Å². The van der Waals surface area contributed by atoms with Gasteiger partial charge >= 0.3 is 5.97 Å². The lowest BCUT2D eigenvalue weighted by molar-refractivity contribution is -0.138. The van der Waals surface area contributed by atoms with Gasteiger partial charge < -0.3 is 14.9 Å². The van der Waals surface area contributed by atoms with Crippen molar-refractivity contribution in [3.05, 3.63) is 29.8 Å². The fraction of sp³-hybridized carbons (Fsp3) is 0.588. The molecule has 2 rings (SSSR count). The summed E-state index contributed by atoms with van der Waals surface area (Å²) in [6.07, 6.45) is 0.253. The average Bonchev–Trinajstić information content (AvgIpc) is 2.82. The summed E-state index contributed by atoms with van der Waals surface area (Å²) in [6, 6.07) is 9.00. The van der Waals surface area contributed by atoms with E-state index < -0.39 is 5.97 Å². The molecule has 1 aliphatic heterocycles. The molecule has 0 unspecified atom stereocenters. The fourth-order valence-electron chi connectivity index (χ4n) is 3.15. The lowest BCUT2D eigenvalue weighted by Gasteiger charge is -2.20. The third-order valence-corrected chi connectivity index (χ3v) is 4.47. The van der Waals surface area contributed by atoms with Gasteiger partial charge in [0.1, 0.15) is 0 Å². The first kappa shape index (κ1) is 15.8. The highest BCUT2D eigenvalue weighted by Gasteiger charge is 2.35. The van der Waals surface area contributed by atoms with E-state index in [4.69, 9.17) is 5.11 Å². The molecule has 0 spiro atoms. The van der Waals surface area contributed by atoms with Crippen molar-refractivity contribution in [1.29, 1.82) is 0 Å². The summed E-state index contributed by atoms with van der Waals surface area (Å²) in [4.78, 5) is 15.6. The van der Waals surface area contributed by atoms with Gasteiger partial charge in [-0.25, -0.2) is 0 Å². The number of nitrogens with zero attached hydrogens (tertiary/aromatic N) is 2. The minimum absolute atomic E-state index is 0.204. The van der Waals surface area contributed by atoms with Gasteiger partial charge in [0.15, 0.2) is 0 Å². The number of anilines is 1. The Morgan fingerprint density at radius 2 is 1.90 bits per heavy atom. The van der Waals surface area contributed by atoms with Crippen LogP contribution < -0.4 is 4.90 Å². The lowest BCUT2D eigenvalue weighted by Crippen LogP contribution is -2.28. The zero-order valence-corrected chi connectivity index (χ0v) is 13.4. The van der Waals surface area contributed by atoms with Gasteiger partial charge in [-0.3, -0.25) is 4.79 Å². The summed E-state index contributed by atoms with van der Waals surface area (Å²) in [6.45, 7) is 6.19. The minimum Gasteiger partial charge on any atom is -0.481 e. The van der Waals surface area contributed by atoms with Gasteiger partial charge in [0.05, 0.1) is 0 Å². The van der Waals surface area contributed by atoms with Crippen molar-refractivity contribution in [2.75, 3.05) is 32.1 Å². The molecule has 0 saturated carbocycles. The monoisotopic (exact) mass is 290 g/mol. The van der Waals surface area contributed by atoms with Gasteiger partial charge in [-0.15, -0.1) is 0 Å². The maximum absolute atomic E-state index is 11.1. The zero-order valence-electron chi connectivity index (χ0n) is 13.4. The molecule has 4 heteroatoms. The Bertz CT molecular complexity index is 482. The van der Waals surface area contributed by atoms with Crippen LogP contribution >= 0.6 is 0 Å². The summed E-state index contributed by atoms with van der Waals surface area (Å²) in [5.41, 5.74) is 2.43. The van der Waals surface area contributed by atoms with Crippen LogP contribution in [0.4, 0.5) is 5.69 Å². The van der Waals surface area contributed by atoms with Crippen LogP contribution in [0.15, 0.2) is 24.3 Å². The van der Waals surface area contributed by atoms with Gasteiger partial charge in [-0.2, -0.15) is 0 Å². The van der Waals surface area contributed by atoms with Gasteiger partial charge in [-0.1, -0.05) is 12.1 Å². The molecule has 1 aromatic carbocycles. The minimum atomic E-state index is -0.694. The van der Waals surface area contributed by atoms with E-state index in [1.165, 1.54) is 11.3 Å². The fourth-order valence-corrected chi connectivity index (χ4v) is 3.15. The number of hydrogen-bond donors (Lipinski definition) is 1. The van der Waals surface area contributed by atoms with Crippen LogP contribution in [-0.4, -0.2) is 49.2 Å². The van der Waals surface area contributed by atoms with Crippen molar-refractivity contribution in [2.24, 2.45) is 5.92 Å². The predicted octanol–water partition coefficient (Wildman–Crippen LogP) is 2.65. The van der Waals surface area contributed by atoms with E-state index >= 15 is 0 Å². The van der Waals surface area contributed by atoms with Gasteiger partial charge in [-0.05, 0) is 37.5 Å². The topological polar surface area (TPSA) is 43.8 Å². The first-order valence-corrected chi connectivity index (χ1v) is 7.61. The molecule has 1 aliphatic rings. The number of carboxylic acids is 1. The molecule has 1 heterocycles. The molecule has 4 nitrogen and oxygen atoms in total. The van der Waals surface area contributed by atoms with Crippen molar-refractivity contribution in [1.82, 2.24) is 4.90 Å². The maximum atomic E-state index is 11.1. The molecule has 1 saturated heterocycles. The van der Waals surface area contributed by atoms with Crippen molar-refractivity contribution in [3.8, 4) is 0 Å². The number of aliphatic carboxylic acids is 1. The largest absolute Gasteiger partial charge is 0.481 e. The third kappa shape index (κ3) is 3.76. The number of benzene rings is 1. The first-order chi connectivity index (χ1) is 9.88. The van der Waals surface area contributed by atoms with Crippen molar-refractivity contribution in [3.63, 3.8) is 0 Å². The maximum Gasteiger partial charge on any atom is 0.303 e. The average molecular weight is 290 g/mol. The highest BCUT2D eigenvalue weighted by molar-refractivity contribution is 5.67. The Balaban J connectivity index is 2.19. The number of rotatable bonds is 5. The molecule has 2 atom stereocenters. The Kier molecular flexibility index (Phi) is 4.88. The molecule has 1 fully saturated rings. The molecule has 0 aromatic heterocycles. The Morgan fingerprint density at radius 1 is 1.29 bits per heavy atom. The lowest BCUT2D eigenvalue weighted by atomic mass is 9.87. The molecule has 21 heavy (non-hydrogen) atoms. The summed E-state index contributed by atoms with van der Waals surface area (Å²) in [5, 5.41) is 9.16. The normalized spacial score (nSPS) is 22.7. The molecule has 0 aliphatic carbocycles. The van der Waals surface area contributed by atoms with Crippen LogP contribution in [0, 0.1) is 5.92 Å². The van der Waals surface area contributed by atoms with Crippen LogP contribution in [0.5, 0.6) is 0 Å². The quantitative estimate of drug-likeness (QED) is 0.905. The first-order valence-electron chi connectivity index (χ1n) is 7.61. The van der Waals surface area contributed by atoms with Crippen LogP contribution in [0.3, 0.4) is 0 Å². The van der Waals surface area contributed by atoms with Crippen molar-refractivity contribution in [2.45, 2.75) is 32.2 Å². The standard InChI is InChI=1S/C17H26N2O2/c1-12(2)19-10-14(9-17(20)21)16(11-19)13-5-7-15(8-6-13)18(3)4/h5-8,12,14,16H,9-11H2,1-4H3,(H,20,21)/t14-,16+/m0/s1. The van der Waals surface area contributed by atoms with Crippen molar-refractivity contribution < 1.29 is 9.90 Å². The molecule has 0 radical (unpaired) electrons. The van der Waals surface area contributed by atoms with Gasteiger partial charge in [0, 0.05) is 51.3 Å². The van der Waals surface area contributed by atoms with E-state index in [1.807, 2.05) is 14.1 Å². The molecular weight excluding hydrogens is 264 g/mol. The van der Waals surface area contributed by atoms with Gasteiger partial charge in [0.25, 0.3) is 0 Å². The van der Waals surface area contributed by atoms with E-state index in [1.54, 1.807) is 0 Å². The third-order valence-electron chi connectivity index (χ3n) is 4.47. The zero-order chi connectivity index (χ0) is 15.6. The van der Waals surface area contributed by atoms with E-state index in [0.29, 0.717) is 12.0 Å². The smallest absolute Gasteiger partial charge is 0.303 e. The number of carboxylic acid groups (broad SMARTS) is 1. The Hall–Kier alpha value is -1.55. The second kappa shape index (κ2) is 6.48. The Morgan fingerprint density at radius 3 is 2.38 bits per heavy atom. The highest BCUT2D eigenvalue weighted by atomic mass is 16.4. The number of likely N-dealkylation sites (tertiary alicyclic amines) is 1. The van der Waals surface area contributed by atoms with Crippen LogP contribution in [-0.2, 0) is 4.79 Å². The van der Waals surface area contributed by atoms with Crippen LogP contribution in [0.1, 0.15) is 31.7 Å². The van der Waals surface area contributed by atoms with Crippen LogP contribution in [0.25, 0.3) is 0 Å². The number of carbonyl (C=O) groups is 1. The second-order valence-electron chi connectivity index (χ2n) is 6.50.